The summed E-state index contributed by atoms with van der Waals surface area (Å²) in [6, 6.07) is 17.2. The van der Waals surface area contributed by atoms with Crippen molar-refractivity contribution in [2.75, 3.05) is 4.90 Å². The van der Waals surface area contributed by atoms with Crippen LogP contribution in [0.2, 0.25) is 0 Å². The number of benzene rings is 3. The second-order valence-electron chi connectivity index (χ2n) is 11.4. The maximum atomic E-state index is 13.4. The summed E-state index contributed by atoms with van der Waals surface area (Å²) in [4.78, 5) is 55.5. The van der Waals surface area contributed by atoms with Crippen LogP contribution in [0.5, 0.6) is 11.5 Å². The number of fused-ring (bicyclic) bond motifs is 2. The molecule has 4 amide bonds. The third kappa shape index (κ3) is 4.44. The Hall–Kier alpha value is -4.26. The van der Waals surface area contributed by atoms with Gasteiger partial charge in [0.05, 0.1) is 27.9 Å². The van der Waals surface area contributed by atoms with Crippen LogP contribution in [0.1, 0.15) is 114 Å². The molecule has 2 heterocycles. The molecule has 0 saturated heterocycles. The molecular weight excluding hydrogens is 516 g/mol. The van der Waals surface area contributed by atoms with Crippen molar-refractivity contribution in [3.8, 4) is 11.5 Å². The monoisotopic (exact) mass is 552 g/mol. The van der Waals surface area contributed by atoms with Crippen molar-refractivity contribution >= 4 is 29.3 Å². The third-order valence-electron chi connectivity index (χ3n) is 9.40. The molecule has 0 fully saturated rings. The molecule has 3 aromatic carbocycles. The molecule has 7 heteroatoms. The van der Waals surface area contributed by atoms with E-state index < -0.39 is 11.4 Å². The second kappa shape index (κ2) is 10.3. The summed E-state index contributed by atoms with van der Waals surface area (Å²) in [5, 5.41) is 0. The average Bonchev–Trinajstić information content (AvgIpc) is 3.40. The minimum atomic E-state index is -0.570. The standard InChI is InChI=1S/C34H36N2O5/c1-7-33(5,8-2)21-11-13-22(14-12-21)35-29(37)25-17-15-23(19-27(25)30(35)38)41-24-16-18-26-28(20-24)32(40)36(31(26)39)34(6,9-3)10-4/h11-20H,7-10H2,1-6H3. The van der Waals surface area contributed by atoms with Gasteiger partial charge in [-0.15, -0.1) is 0 Å². The highest BCUT2D eigenvalue weighted by molar-refractivity contribution is 6.34. The van der Waals surface area contributed by atoms with E-state index in [2.05, 4.69) is 20.8 Å². The Kier molecular flexibility index (Phi) is 7.10. The highest BCUT2D eigenvalue weighted by Crippen LogP contribution is 2.38. The van der Waals surface area contributed by atoms with E-state index in [1.54, 1.807) is 36.4 Å². The molecule has 0 bridgehead atoms. The van der Waals surface area contributed by atoms with Crippen molar-refractivity contribution in [3.63, 3.8) is 0 Å². The molecule has 3 aromatic rings. The Morgan fingerprint density at radius 2 is 1.05 bits per heavy atom. The number of rotatable bonds is 9. The fourth-order valence-electron chi connectivity index (χ4n) is 5.67. The van der Waals surface area contributed by atoms with Crippen molar-refractivity contribution in [2.45, 2.75) is 78.2 Å². The van der Waals surface area contributed by atoms with Gasteiger partial charge in [-0.2, -0.15) is 0 Å². The zero-order valence-corrected chi connectivity index (χ0v) is 24.5. The molecule has 41 heavy (non-hydrogen) atoms. The highest BCUT2D eigenvalue weighted by atomic mass is 16.5. The Morgan fingerprint density at radius 1 is 0.585 bits per heavy atom. The molecule has 0 unspecified atom stereocenters. The third-order valence-corrected chi connectivity index (χ3v) is 9.40. The molecule has 0 spiro atoms. The lowest BCUT2D eigenvalue weighted by Gasteiger charge is -2.35. The first kappa shape index (κ1) is 28.3. The first-order valence-corrected chi connectivity index (χ1v) is 14.4. The van der Waals surface area contributed by atoms with Crippen LogP contribution in [0.4, 0.5) is 5.69 Å². The summed E-state index contributed by atoms with van der Waals surface area (Å²) in [6.45, 7) is 12.4. The topological polar surface area (TPSA) is 84.0 Å². The van der Waals surface area contributed by atoms with E-state index in [1.807, 2.05) is 45.0 Å². The predicted octanol–water partition coefficient (Wildman–Crippen LogP) is 7.53. The van der Waals surface area contributed by atoms with Gasteiger partial charge in [-0.05, 0) is 92.1 Å². The summed E-state index contributed by atoms with van der Waals surface area (Å²) in [5.41, 5.74) is 2.37. The van der Waals surface area contributed by atoms with Crippen LogP contribution in [0.25, 0.3) is 0 Å². The van der Waals surface area contributed by atoms with Gasteiger partial charge in [0.15, 0.2) is 0 Å². The number of anilines is 1. The first-order chi connectivity index (χ1) is 19.5. The lowest BCUT2D eigenvalue weighted by atomic mass is 9.78. The van der Waals surface area contributed by atoms with Gasteiger partial charge in [-0.1, -0.05) is 46.8 Å². The normalized spacial score (nSPS) is 15.1. The van der Waals surface area contributed by atoms with E-state index >= 15 is 0 Å². The Bertz CT molecular complexity index is 1560. The van der Waals surface area contributed by atoms with E-state index in [-0.39, 0.29) is 28.7 Å². The van der Waals surface area contributed by atoms with Crippen LogP contribution < -0.4 is 9.64 Å². The Morgan fingerprint density at radius 3 is 1.56 bits per heavy atom. The molecule has 7 nitrogen and oxygen atoms in total. The lowest BCUT2D eigenvalue weighted by Crippen LogP contribution is -2.48. The largest absolute Gasteiger partial charge is 0.457 e. The van der Waals surface area contributed by atoms with Gasteiger partial charge in [-0.25, -0.2) is 4.90 Å². The quantitative estimate of drug-likeness (QED) is 0.256. The highest BCUT2D eigenvalue weighted by Gasteiger charge is 2.45. The molecule has 0 saturated carbocycles. The molecule has 212 valence electrons. The van der Waals surface area contributed by atoms with Gasteiger partial charge in [0, 0.05) is 5.54 Å². The summed E-state index contributed by atoms with van der Waals surface area (Å²) < 4.78 is 6.02. The Labute approximate surface area is 241 Å². The average molecular weight is 553 g/mol. The van der Waals surface area contributed by atoms with E-state index in [1.165, 1.54) is 15.4 Å². The molecule has 2 aliphatic heterocycles. The molecular formula is C34H36N2O5. The van der Waals surface area contributed by atoms with Gasteiger partial charge in [-0.3, -0.25) is 24.1 Å². The number of carbonyl (C=O) groups is 4. The van der Waals surface area contributed by atoms with Gasteiger partial charge >= 0.3 is 0 Å². The van der Waals surface area contributed by atoms with Crippen LogP contribution in [0, 0.1) is 0 Å². The molecule has 5 rings (SSSR count). The molecule has 0 radical (unpaired) electrons. The first-order valence-electron chi connectivity index (χ1n) is 14.4. The maximum Gasteiger partial charge on any atom is 0.266 e. The van der Waals surface area contributed by atoms with Crippen LogP contribution in [0.15, 0.2) is 60.7 Å². The maximum absolute atomic E-state index is 13.4. The van der Waals surface area contributed by atoms with Crippen LogP contribution in [-0.4, -0.2) is 34.1 Å². The summed E-state index contributed by atoms with van der Waals surface area (Å²) in [7, 11) is 0. The minimum Gasteiger partial charge on any atom is -0.457 e. The second-order valence-corrected chi connectivity index (χ2v) is 11.4. The summed E-state index contributed by atoms with van der Waals surface area (Å²) >= 11 is 0. The van der Waals surface area contributed by atoms with Gasteiger partial charge in [0.2, 0.25) is 0 Å². The van der Waals surface area contributed by atoms with Crippen LogP contribution in [-0.2, 0) is 5.41 Å². The predicted molar refractivity (Wildman–Crippen MR) is 158 cm³/mol. The number of hydrogen-bond donors (Lipinski definition) is 0. The molecule has 0 N–H and O–H groups in total. The number of ether oxygens (including phenoxy) is 1. The lowest BCUT2D eigenvalue weighted by molar-refractivity contribution is 0.0434. The van der Waals surface area contributed by atoms with Crippen molar-refractivity contribution < 1.29 is 23.9 Å². The summed E-state index contributed by atoms with van der Waals surface area (Å²) in [5.74, 6) is -0.719. The number of hydrogen-bond acceptors (Lipinski definition) is 5. The van der Waals surface area contributed by atoms with Crippen LogP contribution >= 0.6 is 0 Å². The molecule has 0 atom stereocenters. The van der Waals surface area contributed by atoms with E-state index in [0.29, 0.717) is 46.7 Å². The molecule has 2 aliphatic rings. The smallest absolute Gasteiger partial charge is 0.266 e. The fourth-order valence-corrected chi connectivity index (χ4v) is 5.67. The number of amides is 4. The van der Waals surface area contributed by atoms with E-state index in [9.17, 15) is 19.2 Å². The van der Waals surface area contributed by atoms with E-state index in [4.69, 9.17) is 4.74 Å². The zero-order valence-electron chi connectivity index (χ0n) is 24.5. The zero-order chi connectivity index (χ0) is 29.7. The Balaban J connectivity index is 1.39. The van der Waals surface area contributed by atoms with Gasteiger partial charge in [0.25, 0.3) is 23.6 Å². The number of imide groups is 2. The number of carbonyl (C=O) groups excluding carboxylic acids is 4. The van der Waals surface area contributed by atoms with Gasteiger partial charge < -0.3 is 4.74 Å². The van der Waals surface area contributed by atoms with Gasteiger partial charge in [0.1, 0.15) is 11.5 Å². The SMILES string of the molecule is CCC(C)(CC)c1ccc(N2C(=O)c3ccc(Oc4ccc5c(c4)C(=O)N(C(C)(CC)CC)C5=O)cc3C2=O)cc1. The van der Waals surface area contributed by atoms with E-state index in [0.717, 1.165) is 12.8 Å². The van der Waals surface area contributed by atoms with Crippen molar-refractivity contribution in [2.24, 2.45) is 0 Å². The van der Waals surface area contributed by atoms with Crippen molar-refractivity contribution in [1.29, 1.82) is 0 Å². The van der Waals surface area contributed by atoms with Crippen LogP contribution in [0.3, 0.4) is 0 Å². The van der Waals surface area contributed by atoms with Crippen molar-refractivity contribution in [1.82, 2.24) is 4.90 Å². The minimum absolute atomic E-state index is 0.0339. The fraction of sp³-hybridized carbons (Fsp3) is 0.353. The molecule has 0 aliphatic carbocycles. The molecule has 0 aromatic heterocycles. The van der Waals surface area contributed by atoms with Crippen molar-refractivity contribution in [3.05, 3.63) is 88.5 Å². The summed E-state index contributed by atoms with van der Waals surface area (Å²) in [6.07, 6.45) is 3.28. The number of nitrogens with zero attached hydrogens (tertiary/aromatic N) is 2.